The van der Waals surface area contributed by atoms with E-state index in [0.29, 0.717) is 12.4 Å². The van der Waals surface area contributed by atoms with Gasteiger partial charge in [-0.05, 0) is 31.4 Å². The van der Waals surface area contributed by atoms with E-state index in [4.69, 9.17) is 0 Å². The number of amides is 1. The van der Waals surface area contributed by atoms with Gasteiger partial charge in [0.05, 0.1) is 6.20 Å². The van der Waals surface area contributed by atoms with Gasteiger partial charge >= 0.3 is 6.61 Å². The van der Waals surface area contributed by atoms with Crippen LogP contribution in [0.3, 0.4) is 0 Å². The molecule has 126 valence electrons. The molecule has 2 aliphatic rings. The van der Waals surface area contributed by atoms with Gasteiger partial charge in [-0.2, -0.15) is 8.78 Å². The minimum Gasteiger partial charge on any atom is -0.433 e. The minimum atomic E-state index is -2.85. The number of nitrogens with one attached hydrogen (secondary N) is 1. The first-order valence-electron chi connectivity index (χ1n) is 8.08. The van der Waals surface area contributed by atoms with E-state index in [1.165, 1.54) is 12.3 Å². The van der Waals surface area contributed by atoms with E-state index in [0.717, 1.165) is 38.6 Å². The number of halogens is 2. The number of rotatable bonds is 5. The molecule has 1 aromatic heterocycles. The number of aromatic nitrogens is 1. The smallest absolute Gasteiger partial charge is 0.387 e. The van der Waals surface area contributed by atoms with Crippen molar-refractivity contribution in [3.63, 3.8) is 0 Å². The highest BCUT2D eigenvalue weighted by Crippen LogP contribution is 2.28. The number of hydrogen-bond donors (Lipinski definition) is 1. The van der Waals surface area contributed by atoms with E-state index >= 15 is 0 Å². The van der Waals surface area contributed by atoms with Crippen LogP contribution < -0.4 is 10.1 Å². The van der Waals surface area contributed by atoms with Gasteiger partial charge in [0.2, 0.25) is 5.91 Å². The lowest BCUT2D eigenvalue weighted by atomic mass is 10.1. The third kappa shape index (κ3) is 4.09. The van der Waals surface area contributed by atoms with Crippen molar-refractivity contribution in [2.24, 2.45) is 5.92 Å². The molecule has 2 fully saturated rings. The maximum absolute atomic E-state index is 12.4. The molecule has 0 unspecified atom stereocenters. The van der Waals surface area contributed by atoms with Crippen molar-refractivity contribution in [3.8, 4) is 5.75 Å². The van der Waals surface area contributed by atoms with E-state index in [1.54, 1.807) is 6.07 Å². The van der Waals surface area contributed by atoms with Gasteiger partial charge in [-0.3, -0.25) is 4.79 Å². The second kappa shape index (κ2) is 7.10. The number of alkyl halides is 2. The van der Waals surface area contributed by atoms with Gasteiger partial charge in [0, 0.05) is 25.0 Å². The highest BCUT2D eigenvalue weighted by Gasteiger charge is 2.32. The predicted octanol–water partition coefficient (Wildman–Crippen LogP) is 2.89. The Balaban J connectivity index is 1.50. The van der Waals surface area contributed by atoms with Crippen LogP contribution in [-0.2, 0) is 4.79 Å². The van der Waals surface area contributed by atoms with E-state index in [-0.39, 0.29) is 23.6 Å². The lowest BCUT2D eigenvalue weighted by Gasteiger charge is -2.20. The average Bonchev–Trinajstić information content (AvgIpc) is 3.19. The van der Waals surface area contributed by atoms with Crippen molar-refractivity contribution >= 4 is 11.7 Å². The number of pyridine rings is 1. The molecule has 23 heavy (non-hydrogen) atoms. The molecule has 0 aromatic carbocycles. The zero-order valence-electron chi connectivity index (χ0n) is 12.9. The molecular weight excluding hydrogens is 304 g/mol. The Kier molecular flexibility index (Phi) is 4.93. The third-order valence-corrected chi connectivity index (χ3v) is 4.52. The van der Waals surface area contributed by atoms with Crippen LogP contribution in [0.4, 0.5) is 14.6 Å². The summed E-state index contributed by atoms with van der Waals surface area (Å²) in [7, 11) is 0. The van der Waals surface area contributed by atoms with E-state index < -0.39 is 6.61 Å². The van der Waals surface area contributed by atoms with Crippen LogP contribution in [-0.4, -0.2) is 41.5 Å². The maximum Gasteiger partial charge on any atom is 0.387 e. The molecule has 1 aliphatic carbocycles. The van der Waals surface area contributed by atoms with Gasteiger partial charge in [0.1, 0.15) is 11.6 Å². The topological polar surface area (TPSA) is 54.5 Å². The molecular formula is C16H21F2N3O2. The van der Waals surface area contributed by atoms with Crippen molar-refractivity contribution in [1.82, 2.24) is 9.88 Å². The van der Waals surface area contributed by atoms with Gasteiger partial charge < -0.3 is 15.0 Å². The lowest BCUT2D eigenvalue weighted by molar-refractivity contribution is -0.134. The van der Waals surface area contributed by atoms with Crippen molar-refractivity contribution in [2.75, 3.05) is 18.4 Å². The normalized spacial score (nSPS) is 21.9. The molecule has 1 saturated carbocycles. The Hall–Kier alpha value is -1.92. The van der Waals surface area contributed by atoms with Crippen LogP contribution in [0.5, 0.6) is 5.75 Å². The maximum atomic E-state index is 12.4. The highest BCUT2D eigenvalue weighted by atomic mass is 19.3. The first-order valence-corrected chi connectivity index (χ1v) is 8.08. The van der Waals surface area contributed by atoms with E-state index in [1.807, 2.05) is 4.90 Å². The Morgan fingerprint density at radius 1 is 1.30 bits per heavy atom. The zero-order chi connectivity index (χ0) is 16.2. The fourth-order valence-electron chi connectivity index (χ4n) is 3.36. The van der Waals surface area contributed by atoms with E-state index in [2.05, 4.69) is 15.0 Å². The predicted molar refractivity (Wildman–Crippen MR) is 81.4 cm³/mol. The van der Waals surface area contributed by atoms with Crippen molar-refractivity contribution in [2.45, 2.75) is 44.8 Å². The second-order valence-corrected chi connectivity index (χ2v) is 6.15. The second-order valence-electron chi connectivity index (χ2n) is 6.15. The van der Waals surface area contributed by atoms with Crippen LogP contribution >= 0.6 is 0 Å². The minimum absolute atomic E-state index is 0.0370. The number of anilines is 1. The van der Waals surface area contributed by atoms with Crippen LogP contribution in [0.15, 0.2) is 18.3 Å². The standard InChI is InChI=1S/C16H21F2N3O2/c17-16(18)23-13-5-6-14(19-9-13)20-12-7-8-21(10-12)15(22)11-3-1-2-4-11/h5-6,9,11-12,16H,1-4,7-8,10H2,(H,19,20)/t12-/m1/s1. The van der Waals surface area contributed by atoms with Crippen molar-refractivity contribution in [3.05, 3.63) is 18.3 Å². The number of hydrogen-bond acceptors (Lipinski definition) is 4. The van der Waals surface area contributed by atoms with Gasteiger partial charge in [0.15, 0.2) is 0 Å². The third-order valence-electron chi connectivity index (χ3n) is 4.52. The SMILES string of the molecule is O=C(C1CCCC1)N1CC[C@@H](Nc2ccc(OC(F)F)cn2)C1. The molecule has 0 spiro atoms. The van der Waals surface area contributed by atoms with Gasteiger partial charge in [-0.15, -0.1) is 0 Å². The largest absolute Gasteiger partial charge is 0.433 e. The molecule has 1 aliphatic heterocycles. The highest BCUT2D eigenvalue weighted by molar-refractivity contribution is 5.79. The summed E-state index contributed by atoms with van der Waals surface area (Å²) >= 11 is 0. The molecule has 0 bridgehead atoms. The fraction of sp³-hybridized carbons (Fsp3) is 0.625. The van der Waals surface area contributed by atoms with E-state index in [9.17, 15) is 13.6 Å². The molecule has 5 nitrogen and oxygen atoms in total. The summed E-state index contributed by atoms with van der Waals surface area (Å²) in [6, 6.07) is 3.21. The average molecular weight is 325 g/mol. The zero-order valence-corrected chi connectivity index (χ0v) is 12.9. The van der Waals surface area contributed by atoms with Gasteiger partial charge in [-0.25, -0.2) is 4.98 Å². The Bertz CT molecular complexity index is 533. The molecule has 1 amide bonds. The molecule has 3 rings (SSSR count). The van der Waals surface area contributed by atoms with Crippen molar-refractivity contribution in [1.29, 1.82) is 0 Å². The van der Waals surface area contributed by atoms with Crippen LogP contribution in [0.25, 0.3) is 0 Å². The summed E-state index contributed by atoms with van der Waals surface area (Å²) in [4.78, 5) is 18.4. The quantitative estimate of drug-likeness (QED) is 0.904. The molecule has 1 N–H and O–H groups in total. The summed E-state index contributed by atoms with van der Waals surface area (Å²) in [5, 5.41) is 3.25. The molecule has 1 aromatic rings. The Labute approximate surface area is 134 Å². The summed E-state index contributed by atoms with van der Waals surface area (Å²) in [5.74, 6) is 1.12. The summed E-state index contributed by atoms with van der Waals surface area (Å²) in [5.41, 5.74) is 0. The van der Waals surface area contributed by atoms with Gasteiger partial charge in [0.25, 0.3) is 0 Å². The molecule has 0 radical (unpaired) electrons. The molecule has 7 heteroatoms. The molecule has 1 saturated heterocycles. The number of carbonyl (C=O) groups is 1. The first kappa shape index (κ1) is 16.0. The Morgan fingerprint density at radius 3 is 2.74 bits per heavy atom. The molecule has 2 heterocycles. The van der Waals surface area contributed by atoms with Crippen LogP contribution in [0.1, 0.15) is 32.1 Å². The number of nitrogens with zero attached hydrogens (tertiary/aromatic N) is 2. The molecule has 1 atom stereocenters. The summed E-state index contributed by atoms with van der Waals surface area (Å²) in [6.45, 7) is -1.41. The number of ether oxygens (including phenoxy) is 1. The van der Waals surface area contributed by atoms with Crippen LogP contribution in [0.2, 0.25) is 0 Å². The van der Waals surface area contributed by atoms with Crippen LogP contribution in [0, 0.1) is 5.92 Å². The van der Waals surface area contributed by atoms with Crippen molar-refractivity contribution < 1.29 is 18.3 Å². The number of likely N-dealkylation sites (tertiary alicyclic amines) is 1. The fourth-order valence-corrected chi connectivity index (χ4v) is 3.36. The number of carbonyl (C=O) groups excluding carboxylic acids is 1. The lowest BCUT2D eigenvalue weighted by Crippen LogP contribution is -2.35. The monoisotopic (exact) mass is 325 g/mol. The summed E-state index contributed by atoms with van der Waals surface area (Å²) in [6.07, 6.45) is 6.48. The Morgan fingerprint density at radius 2 is 2.09 bits per heavy atom. The summed E-state index contributed by atoms with van der Waals surface area (Å²) < 4.78 is 28.5. The first-order chi connectivity index (χ1) is 11.1. The van der Waals surface area contributed by atoms with Gasteiger partial charge in [-0.1, -0.05) is 12.8 Å².